The van der Waals surface area contributed by atoms with Crippen LogP contribution in [-0.2, 0) is 0 Å². The Balaban J connectivity index is 2.25. The van der Waals surface area contributed by atoms with Crippen LogP contribution in [0.1, 0.15) is 26.7 Å². The van der Waals surface area contributed by atoms with Crippen LogP contribution in [0.3, 0.4) is 0 Å². The normalized spacial score (nSPS) is 22.5. The average molecular weight is 195 g/mol. The highest BCUT2D eigenvalue weighted by molar-refractivity contribution is 8.03. The predicted octanol–water partition coefficient (Wildman–Crippen LogP) is 3.01. The minimum atomic E-state index is 0.664. The first-order chi connectivity index (χ1) is 6.29. The van der Waals surface area contributed by atoms with Crippen molar-refractivity contribution >= 4 is 11.8 Å². The van der Waals surface area contributed by atoms with Gasteiger partial charge in [0, 0.05) is 28.9 Å². The molecule has 2 aliphatic rings. The fourth-order valence-corrected chi connectivity index (χ4v) is 3.09. The molecule has 1 aliphatic carbocycles. The summed E-state index contributed by atoms with van der Waals surface area (Å²) in [6.45, 7) is 5.81. The van der Waals surface area contributed by atoms with Crippen molar-refractivity contribution in [3.8, 4) is 0 Å². The van der Waals surface area contributed by atoms with Crippen LogP contribution >= 0.6 is 11.8 Å². The van der Waals surface area contributed by atoms with E-state index in [0.29, 0.717) is 6.04 Å². The van der Waals surface area contributed by atoms with Gasteiger partial charge >= 0.3 is 0 Å². The summed E-state index contributed by atoms with van der Waals surface area (Å²) in [5, 5.41) is 0. The van der Waals surface area contributed by atoms with Crippen LogP contribution < -0.4 is 0 Å². The van der Waals surface area contributed by atoms with Gasteiger partial charge in [0.15, 0.2) is 0 Å². The maximum atomic E-state index is 2.56. The summed E-state index contributed by atoms with van der Waals surface area (Å²) in [5.74, 6) is 1.25. The lowest BCUT2D eigenvalue weighted by Gasteiger charge is -2.37. The van der Waals surface area contributed by atoms with Gasteiger partial charge in [0.25, 0.3) is 0 Å². The highest BCUT2D eigenvalue weighted by Gasteiger charge is 2.21. The molecule has 0 saturated heterocycles. The highest BCUT2D eigenvalue weighted by atomic mass is 32.2. The Labute approximate surface area is 84.9 Å². The molecule has 1 nitrogen and oxygen atoms in total. The van der Waals surface area contributed by atoms with Gasteiger partial charge in [0.05, 0.1) is 0 Å². The molecule has 0 unspecified atom stereocenters. The van der Waals surface area contributed by atoms with Crippen LogP contribution in [-0.4, -0.2) is 23.2 Å². The summed E-state index contributed by atoms with van der Waals surface area (Å²) in [7, 11) is 0. The zero-order valence-corrected chi connectivity index (χ0v) is 9.23. The van der Waals surface area contributed by atoms with Gasteiger partial charge in [0.2, 0.25) is 0 Å². The third kappa shape index (κ3) is 1.78. The van der Waals surface area contributed by atoms with Crippen molar-refractivity contribution in [2.24, 2.45) is 0 Å². The van der Waals surface area contributed by atoms with Gasteiger partial charge < -0.3 is 4.90 Å². The Bertz CT molecular complexity index is 253. The summed E-state index contributed by atoms with van der Waals surface area (Å²) in [4.78, 5) is 4.08. The number of thioether (sulfide) groups is 1. The Hall–Kier alpha value is -0.370. The number of hydrogen-bond donors (Lipinski definition) is 0. The molecule has 0 bridgehead atoms. The van der Waals surface area contributed by atoms with Crippen molar-refractivity contribution in [1.82, 2.24) is 4.90 Å². The van der Waals surface area contributed by atoms with E-state index in [9.17, 15) is 0 Å². The van der Waals surface area contributed by atoms with Gasteiger partial charge in [-0.1, -0.05) is 12.2 Å². The molecule has 1 aliphatic heterocycles. The first-order valence-electron chi connectivity index (χ1n) is 5.08. The number of allylic oxidation sites excluding steroid dienone is 3. The molecule has 0 aromatic heterocycles. The summed E-state index contributed by atoms with van der Waals surface area (Å²) < 4.78 is 0. The first-order valence-corrected chi connectivity index (χ1v) is 6.06. The van der Waals surface area contributed by atoms with Crippen molar-refractivity contribution in [3.05, 3.63) is 22.8 Å². The Morgan fingerprint density at radius 1 is 1.46 bits per heavy atom. The molecule has 0 N–H and O–H groups in total. The van der Waals surface area contributed by atoms with Gasteiger partial charge in [-0.2, -0.15) is 0 Å². The van der Waals surface area contributed by atoms with E-state index in [1.165, 1.54) is 30.0 Å². The molecule has 1 heterocycles. The molecule has 72 valence electrons. The zero-order valence-electron chi connectivity index (χ0n) is 8.42. The zero-order chi connectivity index (χ0) is 9.26. The maximum Gasteiger partial charge on any atom is 0.0276 e. The number of rotatable bonds is 1. The van der Waals surface area contributed by atoms with Crippen LogP contribution in [0.15, 0.2) is 22.8 Å². The van der Waals surface area contributed by atoms with Crippen molar-refractivity contribution in [2.75, 3.05) is 12.3 Å². The van der Waals surface area contributed by atoms with Crippen molar-refractivity contribution < 1.29 is 0 Å². The monoisotopic (exact) mass is 195 g/mol. The van der Waals surface area contributed by atoms with E-state index in [2.05, 4.69) is 30.9 Å². The molecule has 0 fully saturated rings. The lowest BCUT2D eigenvalue weighted by molar-refractivity contribution is 0.286. The van der Waals surface area contributed by atoms with E-state index >= 15 is 0 Å². The van der Waals surface area contributed by atoms with Crippen LogP contribution in [0.25, 0.3) is 0 Å². The second kappa shape index (κ2) is 3.79. The van der Waals surface area contributed by atoms with Crippen LogP contribution in [0, 0.1) is 0 Å². The summed E-state index contributed by atoms with van der Waals surface area (Å²) in [5.41, 5.74) is 1.59. The molecule has 0 aromatic rings. The lowest BCUT2D eigenvalue weighted by Crippen LogP contribution is -2.35. The third-order valence-corrected chi connectivity index (χ3v) is 3.73. The van der Waals surface area contributed by atoms with Gasteiger partial charge in [-0.15, -0.1) is 11.8 Å². The van der Waals surface area contributed by atoms with E-state index in [4.69, 9.17) is 0 Å². The number of hydrogen-bond acceptors (Lipinski definition) is 2. The Morgan fingerprint density at radius 2 is 2.31 bits per heavy atom. The van der Waals surface area contributed by atoms with E-state index < -0.39 is 0 Å². The predicted molar refractivity (Wildman–Crippen MR) is 59.7 cm³/mol. The van der Waals surface area contributed by atoms with Gasteiger partial charge in [-0.05, 0) is 26.7 Å². The second-order valence-corrected chi connectivity index (χ2v) is 5.02. The first kappa shape index (κ1) is 9.20. The van der Waals surface area contributed by atoms with E-state index in [1.807, 2.05) is 11.8 Å². The Morgan fingerprint density at radius 3 is 3.08 bits per heavy atom. The number of nitrogens with zero attached hydrogens (tertiary/aromatic N) is 1. The molecule has 13 heavy (non-hydrogen) atoms. The van der Waals surface area contributed by atoms with E-state index in [1.54, 1.807) is 5.70 Å². The maximum absolute atomic E-state index is 2.56. The van der Waals surface area contributed by atoms with Crippen LogP contribution in [0.4, 0.5) is 0 Å². The second-order valence-electron chi connectivity index (χ2n) is 3.89. The fraction of sp³-hybridized carbons (Fsp3) is 0.636. The smallest absolute Gasteiger partial charge is 0.0276 e. The molecule has 0 saturated carbocycles. The average Bonchev–Trinajstić information content (AvgIpc) is 2.17. The molecular weight excluding hydrogens is 178 g/mol. The van der Waals surface area contributed by atoms with Gasteiger partial charge in [-0.25, -0.2) is 0 Å². The van der Waals surface area contributed by atoms with E-state index in [-0.39, 0.29) is 0 Å². The molecule has 0 aromatic carbocycles. The standard InChI is InChI=1S/C11H17NS/c1-9(2)12-7-8-13-11-6-4-3-5-10(11)12/h4,6,9H,3,5,7-8H2,1-2H3. The quantitative estimate of drug-likeness (QED) is 0.633. The van der Waals surface area contributed by atoms with Crippen LogP contribution in [0.2, 0.25) is 0 Å². The minimum Gasteiger partial charge on any atom is -0.371 e. The SMILES string of the molecule is CC(C)N1CCSC2=C1CCC=C2. The molecule has 2 heteroatoms. The van der Waals surface area contributed by atoms with Gasteiger partial charge in [0.1, 0.15) is 0 Å². The topological polar surface area (TPSA) is 3.24 Å². The van der Waals surface area contributed by atoms with E-state index in [0.717, 1.165) is 0 Å². The van der Waals surface area contributed by atoms with Gasteiger partial charge in [-0.3, -0.25) is 0 Å². The summed E-state index contributed by atoms with van der Waals surface area (Å²) in [6, 6.07) is 0.664. The molecule has 0 spiro atoms. The minimum absolute atomic E-state index is 0.664. The summed E-state index contributed by atoms with van der Waals surface area (Å²) in [6.07, 6.45) is 7.08. The molecule has 0 radical (unpaired) electrons. The Kier molecular flexibility index (Phi) is 2.68. The third-order valence-electron chi connectivity index (χ3n) is 2.66. The highest BCUT2D eigenvalue weighted by Crippen LogP contribution is 2.35. The molecular formula is C11H17NS. The molecule has 2 rings (SSSR count). The largest absolute Gasteiger partial charge is 0.371 e. The van der Waals surface area contributed by atoms with Crippen molar-refractivity contribution in [3.63, 3.8) is 0 Å². The van der Waals surface area contributed by atoms with Crippen molar-refractivity contribution in [1.29, 1.82) is 0 Å². The summed E-state index contributed by atoms with van der Waals surface area (Å²) >= 11 is 2.02. The van der Waals surface area contributed by atoms with Crippen LogP contribution in [0.5, 0.6) is 0 Å². The molecule has 0 amide bonds. The van der Waals surface area contributed by atoms with Crippen molar-refractivity contribution in [2.45, 2.75) is 32.7 Å². The lowest BCUT2D eigenvalue weighted by atomic mass is 10.1. The fourth-order valence-electron chi connectivity index (χ4n) is 2.01. The molecule has 0 atom stereocenters.